The van der Waals surface area contributed by atoms with Gasteiger partial charge < -0.3 is 160 Å². The van der Waals surface area contributed by atoms with E-state index in [9.17, 15) is 51.1 Å². The Hall–Kier alpha value is -7.56. The fourth-order valence-electron chi connectivity index (χ4n) is 19.3. The molecule has 8 heterocycles. The average Bonchev–Trinajstić information content (AvgIpc) is 0.763. The highest BCUT2D eigenvalue weighted by molar-refractivity contribution is 5.21. The molecular formula is C110H144O33. The predicted octanol–water partition coefficient (Wildman–Crippen LogP) is 9.52. The predicted molar refractivity (Wildman–Crippen MR) is 515 cm³/mol. The lowest BCUT2D eigenvalue weighted by molar-refractivity contribution is -0.398. The first-order valence-electron chi connectivity index (χ1n) is 50.0. The molecule has 33 heteroatoms. The van der Waals surface area contributed by atoms with Gasteiger partial charge in [-0.25, -0.2) is 0 Å². The van der Waals surface area contributed by atoms with Crippen molar-refractivity contribution in [2.24, 2.45) is 11.8 Å². The molecule has 8 fully saturated rings. The van der Waals surface area contributed by atoms with Gasteiger partial charge in [-0.15, -0.1) is 0 Å². The van der Waals surface area contributed by atoms with Crippen LogP contribution in [0.5, 0.6) is 0 Å². The summed E-state index contributed by atoms with van der Waals surface area (Å²) in [6.07, 6.45) is -42.5. The van der Waals surface area contributed by atoms with Crippen molar-refractivity contribution in [3.05, 3.63) is 287 Å². The quantitative estimate of drug-likeness (QED) is 0.0170. The topological polar surface area (TPSA) is 415 Å². The van der Waals surface area contributed by atoms with Crippen molar-refractivity contribution in [1.82, 2.24) is 0 Å². The van der Waals surface area contributed by atoms with Crippen LogP contribution in [0.15, 0.2) is 243 Å². The molecule has 0 radical (unpaired) electrons. The van der Waals surface area contributed by atoms with Crippen LogP contribution < -0.4 is 0 Å². The maximum absolute atomic E-state index is 13.7. The first-order chi connectivity index (χ1) is 69.3. The highest BCUT2D eigenvalue weighted by Crippen LogP contribution is 2.43. The molecule has 8 aromatic rings. The van der Waals surface area contributed by atoms with E-state index in [-0.39, 0.29) is 64.4 Å². The Morgan fingerprint density at radius 1 is 0.210 bits per heavy atom. The van der Waals surface area contributed by atoms with Crippen LogP contribution in [-0.2, 0) is 162 Å². The molecule has 16 rings (SSSR count). The fourth-order valence-corrected chi connectivity index (χ4v) is 19.3. The van der Waals surface area contributed by atoms with E-state index in [4.69, 9.17) is 109 Å². The summed E-state index contributed by atoms with van der Waals surface area (Å²) in [5, 5.41) is 108. The van der Waals surface area contributed by atoms with Gasteiger partial charge in [0.05, 0.1) is 121 Å². The number of benzene rings is 8. The molecule has 0 amide bonds. The molecule has 0 aliphatic carbocycles. The molecule has 40 atom stereocenters. The smallest absolute Gasteiger partial charge is 0.187 e. The van der Waals surface area contributed by atoms with E-state index in [0.717, 1.165) is 50.9 Å². The van der Waals surface area contributed by atoms with E-state index in [2.05, 4.69) is 13.8 Å². The monoisotopic (exact) mass is 1990 g/mol. The summed E-state index contributed by atoms with van der Waals surface area (Å²) in [6, 6.07) is 79.7. The fraction of sp³-hybridized carbons (Fsp3) is 0.564. The van der Waals surface area contributed by atoms with Crippen LogP contribution in [0, 0.1) is 11.8 Å². The third kappa shape index (κ3) is 28.5. The summed E-state index contributed by atoms with van der Waals surface area (Å²) in [6.45, 7) is 19.8. The van der Waals surface area contributed by atoms with E-state index in [1.54, 1.807) is 13.8 Å². The number of hydrogen-bond donors (Lipinski definition) is 10. The van der Waals surface area contributed by atoms with E-state index >= 15 is 0 Å². The molecule has 8 saturated heterocycles. The summed E-state index contributed by atoms with van der Waals surface area (Å²) in [4.78, 5) is 0. The molecule has 16 unspecified atom stereocenters. The maximum Gasteiger partial charge on any atom is 0.187 e. The van der Waals surface area contributed by atoms with Crippen LogP contribution in [0.3, 0.4) is 0 Å². The van der Waals surface area contributed by atoms with Crippen molar-refractivity contribution in [3.8, 4) is 0 Å². The Labute approximate surface area is 836 Å². The van der Waals surface area contributed by atoms with Crippen molar-refractivity contribution >= 4 is 0 Å². The van der Waals surface area contributed by atoms with Crippen molar-refractivity contribution in [2.45, 2.75) is 362 Å². The summed E-state index contributed by atoms with van der Waals surface area (Å²) in [5.41, 5.74) is 7.57. The average molecular weight is 1990 g/mol. The van der Waals surface area contributed by atoms with Gasteiger partial charge in [0.15, 0.2) is 44.0 Å². The lowest BCUT2D eigenvalue weighted by Crippen LogP contribution is -2.67. The molecule has 8 aliphatic heterocycles. The van der Waals surface area contributed by atoms with Crippen molar-refractivity contribution in [2.75, 3.05) is 19.8 Å². The molecule has 0 bridgehead atoms. The van der Waals surface area contributed by atoms with Gasteiger partial charge in [0.2, 0.25) is 0 Å². The third-order valence-electron chi connectivity index (χ3n) is 27.7. The molecule has 8 aliphatic rings. The van der Waals surface area contributed by atoms with Crippen LogP contribution in [-0.4, -0.2) is 304 Å². The highest BCUT2D eigenvalue weighted by Gasteiger charge is 2.60. The van der Waals surface area contributed by atoms with Crippen molar-refractivity contribution in [3.63, 3.8) is 0 Å². The number of ether oxygens (including phenoxy) is 23. The Bertz CT molecular complexity index is 4910. The standard InChI is InChI=1S/C82H94O16.C28H50O17/c1-55-56(2)92-57(3)71(85-47-61-32-16-7-17-33-61)70(55)96-82-79(76(89-51-65-40-24-11-25-41-65)73(59(5)94-82)87-49-63-36-20-9-21-37-63)98-80-69(83)75(72(58(4)93-80)86-48-62-34-18-8-19-35-62)97-81-78(91-53-67-44-28-13-29-45-67)77(90-52-66-42-26-12-27-43-66)74(88-50-64-38-22-10-23-39-64)68(95-81)54-84-46-60-30-14-6-15-31-60;1-6-7-38-25-9(2)22(15(31)11(4)39-25)43-28-24(19(35)14(30)10(3)41-28)45-27-21(37)23(16(32)12(5)40-27)44-26-20(36)18(34)17(33)13(8-29)42-26/h6-45,55-59,68-83H,46-54H2,1-5H3;9-37H,6-8H2,1-5H3/t55?,56-,57?,58?,59?,68-,69?,70+,71-,72-,73-,74+,75+,76-,77?,78?,79?,80-,81+,82-;9?,10?,11?,12?,13-,14-,15-,16-,17+,18?,19-,20?,21?,22+,23-,24?,25+,26+,27-,28-/m00/s1. The van der Waals surface area contributed by atoms with Gasteiger partial charge in [0, 0.05) is 18.4 Å². The zero-order chi connectivity index (χ0) is 101. The minimum absolute atomic E-state index is 0.0675. The molecule has 0 spiro atoms. The van der Waals surface area contributed by atoms with Gasteiger partial charge in [-0.3, -0.25) is 0 Å². The van der Waals surface area contributed by atoms with Crippen molar-refractivity contribution in [1.29, 1.82) is 0 Å². The molecule has 33 nitrogen and oxygen atoms in total. The number of rotatable bonds is 41. The summed E-state index contributed by atoms with van der Waals surface area (Å²) >= 11 is 0. The Balaban J connectivity index is 0.000000286. The van der Waals surface area contributed by atoms with Gasteiger partial charge in [0.25, 0.3) is 0 Å². The first-order valence-corrected chi connectivity index (χ1v) is 50.0. The number of aliphatic hydroxyl groups is 10. The van der Waals surface area contributed by atoms with Gasteiger partial charge in [-0.2, -0.15) is 0 Å². The highest BCUT2D eigenvalue weighted by atomic mass is 16.8. The molecule has 8 aromatic carbocycles. The lowest BCUT2D eigenvalue weighted by atomic mass is 9.88. The van der Waals surface area contributed by atoms with Gasteiger partial charge in [0.1, 0.15) is 134 Å². The van der Waals surface area contributed by atoms with Crippen molar-refractivity contribution < 1.29 is 160 Å². The minimum Gasteiger partial charge on any atom is -0.394 e. The zero-order valence-corrected chi connectivity index (χ0v) is 82.5. The minimum atomic E-state index is -1.82. The Morgan fingerprint density at radius 2 is 0.517 bits per heavy atom. The second-order valence-electron chi connectivity index (χ2n) is 38.3. The SMILES string of the molecule is CC1[C@H](C)OC(C)[C@H](OCc2ccccc2)[C@@H]1O[C@@H]1OC(C)[C@H](OCc2ccccc2)[C@H](OCc2ccccc2)C1O[C@@H]1OC(C)[C@H](OCc2ccccc2)[C@H](O[C@H]2O[C@@H](COCc3ccccc3)[C@@H](OCc3ccccc3)C(OCc3ccccc3)C2OCc2ccccc2)C1O.CCCO[C@@H]1OC(C)[C@H](O)[C@H](O[C@@H]2OC(C)[C@H](O)[C@H](O)C2O[C@@H]2OC(C)[C@H](O)[C@H](O[C@H]3O[C@@H](CO)[C@@H](O)C(O)C3O)C2O)C1C. The number of hydrogen-bond acceptors (Lipinski definition) is 33. The molecular weight excluding hydrogens is 1850 g/mol. The summed E-state index contributed by atoms with van der Waals surface area (Å²) in [5.74, 6) is -0.697. The Morgan fingerprint density at radius 3 is 0.979 bits per heavy atom. The molecule has 782 valence electrons. The summed E-state index contributed by atoms with van der Waals surface area (Å²) < 4.78 is 153. The van der Waals surface area contributed by atoms with Gasteiger partial charge in [-0.1, -0.05) is 263 Å². The lowest BCUT2D eigenvalue weighted by Gasteiger charge is -2.51. The second-order valence-corrected chi connectivity index (χ2v) is 38.3. The molecule has 0 aromatic heterocycles. The van der Waals surface area contributed by atoms with E-state index in [1.807, 2.05) is 270 Å². The van der Waals surface area contributed by atoms with E-state index < -0.39 is 234 Å². The third-order valence-corrected chi connectivity index (χ3v) is 27.7. The largest absolute Gasteiger partial charge is 0.394 e. The van der Waals surface area contributed by atoms with Crippen LogP contribution in [0.2, 0.25) is 0 Å². The van der Waals surface area contributed by atoms with Gasteiger partial charge in [-0.05, 0) is 99.4 Å². The van der Waals surface area contributed by atoms with Crippen LogP contribution in [0.4, 0.5) is 0 Å². The van der Waals surface area contributed by atoms with Crippen LogP contribution in [0.1, 0.15) is 120 Å². The van der Waals surface area contributed by atoms with E-state index in [1.165, 1.54) is 13.8 Å². The molecule has 0 saturated carbocycles. The Kier molecular flexibility index (Phi) is 41.0. The van der Waals surface area contributed by atoms with Gasteiger partial charge >= 0.3 is 0 Å². The summed E-state index contributed by atoms with van der Waals surface area (Å²) in [7, 11) is 0. The van der Waals surface area contributed by atoms with Crippen LogP contribution in [0.25, 0.3) is 0 Å². The molecule has 10 N–H and O–H groups in total. The zero-order valence-electron chi connectivity index (χ0n) is 82.5. The molecule has 143 heavy (non-hydrogen) atoms. The number of aliphatic hydroxyl groups excluding tert-OH is 10. The second kappa shape index (κ2) is 53.5. The first kappa shape index (κ1) is 110. The van der Waals surface area contributed by atoms with E-state index in [0.29, 0.717) is 19.8 Å². The normalized spacial score (nSPS) is 37.5. The van der Waals surface area contributed by atoms with Crippen LogP contribution >= 0.6 is 0 Å². The maximum atomic E-state index is 13.7.